The van der Waals surface area contributed by atoms with Gasteiger partial charge in [0, 0.05) is 0 Å². The molecule has 86 valence electrons. The van der Waals surface area contributed by atoms with Gasteiger partial charge in [-0.2, -0.15) is 10.5 Å². The maximum Gasteiger partial charge on any atom is 0.329 e. The molecule has 0 spiro atoms. The summed E-state index contributed by atoms with van der Waals surface area (Å²) >= 11 is 0. The van der Waals surface area contributed by atoms with Gasteiger partial charge in [-0.05, 0) is 17.2 Å². The van der Waals surface area contributed by atoms with Crippen molar-refractivity contribution in [1.29, 1.82) is 10.5 Å². The summed E-state index contributed by atoms with van der Waals surface area (Å²) in [6.07, 6.45) is 1.08. The maximum absolute atomic E-state index is 10.8. The lowest BCUT2D eigenvalue weighted by atomic mass is 10.1. The maximum atomic E-state index is 10.8. The van der Waals surface area contributed by atoms with Gasteiger partial charge in [-0.1, -0.05) is 24.3 Å². The van der Waals surface area contributed by atoms with Gasteiger partial charge in [0.1, 0.15) is 17.7 Å². The summed E-state index contributed by atoms with van der Waals surface area (Å²) < 4.78 is 10.8. The molecule has 0 radical (unpaired) electrons. The highest BCUT2D eigenvalue weighted by atomic mass is 31.2. The molecule has 1 aromatic carbocycles. The van der Waals surface area contributed by atoms with Gasteiger partial charge in [-0.3, -0.25) is 4.57 Å². The van der Waals surface area contributed by atoms with Crippen LogP contribution in [0.5, 0.6) is 0 Å². The lowest BCUT2D eigenvalue weighted by Gasteiger charge is -2.03. The fourth-order valence-electron chi connectivity index (χ4n) is 1.21. The van der Waals surface area contributed by atoms with E-state index in [1.807, 2.05) is 0 Å². The average Bonchev–Trinajstić information content (AvgIpc) is 2.26. The number of nitrogens with zero attached hydrogens (tertiary/aromatic N) is 2. The van der Waals surface area contributed by atoms with E-state index >= 15 is 0 Å². The van der Waals surface area contributed by atoms with Crippen LogP contribution in [0, 0.1) is 22.7 Å². The highest BCUT2D eigenvalue weighted by Gasteiger charge is 2.13. The van der Waals surface area contributed by atoms with Crippen LogP contribution in [0.1, 0.15) is 11.1 Å². The van der Waals surface area contributed by atoms with Gasteiger partial charge in [0.05, 0.1) is 6.16 Å². The van der Waals surface area contributed by atoms with Crippen molar-refractivity contribution in [3.63, 3.8) is 0 Å². The Morgan fingerprint density at radius 3 is 2.18 bits per heavy atom. The van der Waals surface area contributed by atoms with Crippen molar-refractivity contribution in [3.8, 4) is 12.1 Å². The molecule has 0 fully saturated rings. The van der Waals surface area contributed by atoms with E-state index in [9.17, 15) is 4.57 Å². The van der Waals surface area contributed by atoms with Gasteiger partial charge in [0.25, 0.3) is 0 Å². The van der Waals surface area contributed by atoms with Crippen molar-refractivity contribution in [2.24, 2.45) is 0 Å². The predicted octanol–water partition coefficient (Wildman–Crippen LogP) is 1.79. The monoisotopic (exact) mass is 248 g/mol. The van der Waals surface area contributed by atoms with Gasteiger partial charge in [-0.25, -0.2) is 0 Å². The minimum absolute atomic E-state index is 0.0206. The van der Waals surface area contributed by atoms with Gasteiger partial charge in [0.15, 0.2) is 0 Å². The van der Waals surface area contributed by atoms with Gasteiger partial charge in [-0.15, -0.1) is 0 Å². The second-order valence-corrected chi connectivity index (χ2v) is 4.99. The van der Waals surface area contributed by atoms with Crippen molar-refractivity contribution < 1.29 is 14.4 Å². The molecule has 0 amide bonds. The number of benzene rings is 1. The van der Waals surface area contributed by atoms with Crippen LogP contribution in [0.2, 0.25) is 0 Å². The van der Waals surface area contributed by atoms with Gasteiger partial charge >= 0.3 is 7.60 Å². The first kappa shape index (κ1) is 13.2. The van der Waals surface area contributed by atoms with Crippen LogP contribution in [-0.4, -0.2) is 9.79 Å². The van der Waals surface area contributed by atoms with Crippen LogP contribution in [0.3, 0.4) is 0 Å². The molecule has 0 heterocycles. The molecule has 1 aromatic rings. The topological polar surface area (TPSA) is 105 Å². The van der Waals surface area contributed by atoms with Gasteiger partial charge in [0.2, 0.25) is 0 Å². The van der Waals surface area contributed by atoms with Crippen LogP contribution in [0.4, 0.5) is 0 Å². The molecular formula is C11H9N2O3P. The predicted molar refractivity (Wildman–Crippen MR) is 61.4 cm³/mol. The molecule has 0 aliphatic heterocycles. The van der Waals surface area contributed by atoms with Crippen LogP contribution in [-0.2, 0) is 10.7 Å². The number of hydrogen-bond donors (Lipinski definition) is 2. The standard InChI is InChI=1S/C11H9N2O3P/c12-6-11(7-13)5-9-1-3-10(4-2-9)8-17(14,15)16/h1-5H,8H2,(H2,14,15,16). The van der Waals surface area contributed by atoms with Crippen LogP contribution < -0.4 is 0 Å². The SMILES string of the molecule is N#CC(C#N)=Cc1ccc(CP(=O)(O)O)cc1. The Morgan fingerprint density at radius 2 is 1.76 bits per heavy atom. The normalized spacial score (nSPS) is 10.1. The van der Waals surface area contributed by atoms with E-state index in [2.05, 4.69) is 0 Å². The smallest absolute Gasteiger partial charge is 0.324 e. The molecule has 1 rings (SSSR count). The zero-order chi connectivity index (χ0) is 12.9. The molecular weight excluding hydrogens is 239 g/mol. The van der Waals surface area contributed by atoms with E-state index < -0.39 is 7.60 Å². The molecule has 0 atom stereocenters. The number of hydrogen-bond acceptors (Lipinski definition) is 3. The molecule has 0 saturated carbocycles. The summed E-state index contributed by atoms with van der Waals surface area (Å²) in [7, 11) is -4.06. The highest BCUT2D eigenvalue weighted by Crippen LogP contribution is 2.38. The number of allylic oxidation sites excluding steroid dienone is 1. The molecule has 0 aliphatic rings. The Hall–Kier alpha value is -1.91. The quantitative estimate of drug-likeness (QED) is 0.626. The van der Waals surface area contributed by atoms with Crippen LogP contribution >= 0.6 is 7.60 Å². The molecule has 0 aromatic heterocycles. The average molecular weight is 248 g/mol. The van der Waals surface area contributed by atoms with Crippen molar-refractivity contribution in [2.75, 3.05) is 0 Å². The van der Waals surface area contributed by atoms with E-state index in [1.54, 1.807) is 36.4 Å². The molecule has 0 unspecified atom stereocenters. The van der Waals surface area contributed by atoms with Crippen molar-refractivity contribution in [3.05, 3.63) is 41.0 Å². The first-order valence-electron chi connectivity index (χ1n) is 4.60. The second-order valence-electron chi connectivity index (χ2n) is 3.35. The summed E-state index contributed by atoms with van der Waals surface area (Å²) in [5, 5.41) is 17.1. The summed E-state index contributed by atoms with van der Waals surface area (Å²) in [6, 6.07) is 9.76. The summed E-state index contributed by atoms with van der Waals surface area (Å²) in [6.45, 7) is 0. The van der Waals surface area contributed by atoms with Crippen molar-refractivity contribution >= 4 is 13.7 Å². The van der Waals surface area contributed by atoms with Gasteiger partial charge < -0.3 is 9.79 Å². The summed E-state index contributed by atoms with van der Waals surface area (Å²) in [5.74, 6) is 0. The number of rotatable bonds is 3. The van der Waals surface area contributed by atoms with E-state index in [0.717, 1.165) is 0 Å². The molecule has 17 heavy (non-hydrogen) atoms. The Kier molecular flexibility index (Phi) is 4.20. The Morgan fingerprint density at radius 1 is 1.24 bits per heavy atom. The third kappa shape index (κ3) is 4.63. The van der Waals surface area contributed by atoms with Crippen molar-refractivity contribution in [1.82, 2.24) is 0 Å². The number of nitriles is 2. The first-order valence-corrected chi connectivity index (χ1v) is 6.40. The fraction of sp³-hybridized carbons (Fsp3) is 0.0909. The van der Waals surface area contributed by atoms with E-state index in [0.29, 0.717) is 11.1 Å². The zero-order valence-corrected chi connectivity index (χ0v) is 9.63. The molecule has 0 aliphatic carbocycles. The Bertz CT molecular complexity index is 542. The van der Waals surface area contributed by atoms with E-state index in [4.69, 9.17) is 20.3 Å². The van der Waals surface area contributed by atoms with E-state index in [1.165, 1.54) is 6.08 Å². The first-order chi connectivity index (χ1) is 7.94. The highest BCUT2D eigenvalue weighted by molar-refractivity contribution is 7.50. The van der Waals surface area contributed by atoms with Crippen LogP contribution in [0.25, 0.3) is 6.08 Å². The van der Waals surface area contributed by atoms with Crippen LogP contribution in [0.15, 0.2) is 29.8 Å². The molecule has 5 nitrogen and oxygen atoms in total. The third-order valence-electron chi connectivity index (χ3n) is 1.92. The Balaban J connectivity index is 2.91. The molecule has 6 heteroatoms. The lowest BCUT2D eigenvalue weighted by molar-refractivity contribution is 0.371. The molecule has 2 N–H and O–H groups in total. The summed E-state index contributed by atoms with van der Waals surface area (Å²) in [5.41, 5.74) is 1.12. The summed E-state index contributed by atoms with van der Waals surface area (Å²) in [4.78, 5) is 17.5. The zero-order valence-electron chi connectivity index (χ0n) is 8.74. The minimum Gasteiger partial charge on any atom is -0.324 e. The molecule has 0 saturated heterocycles. The molecule has 0 bridgehead atoms. The Labute approximate surface area is 98.4 Å². The minimum atomic E-state index is -4.06. The van der Waals surface area contributed by atoms with Crippen molar-refractivity contribution in [2.45, 2.75) is 6.16 Å². The largest absolute Gasteiger partial charge is 0.329 e. The lowest BCUT2D eigenvalue weighted by Crippen LogP contribution is -1.87. The third-order valence-corrected chi connectivity index (χ3v) is 2.70. The second kappa shape index (κ2) is 5.43. The fourth-order valence-corrected chi connectivity index (χ4v) is 1.90. The van der Waals surface area contributed by atoms with E-state index in [-0.39, 0.29) is 11.7 Å².